The molecule has 2 rings (SSSR count). The Kier molecular flexibility index (Phi) is 4.19. The van der Waals surface area contributed by atoms with E-state index in [1.807, 2.05) is 4.90 Å². The van der Waals surface area contributed by atoms with Gasteiger partial charge in [-0.25, -0.2) is 4.39 Å². The van der Waals surface area contributed by atoms with Gasteiger partial charge in [-0.15, -0.1) is 0 Å². The number of carboxylic acid groups (broad SMARTS) is 1. The molecule has 18 heavy (non-hydrogen) atoms. The van der Waals surface area contributed by atoms with E-state index in [0.717, 1.165) is 12.8 Å². The van der Waals surface area contributed by atoms with Crippen molar-refractivity contribution >= 4 is 17.6 Å². The van der Waals surface area contributed by atoms with E-state index in [9.17, 15) is 9.18 Å². The van der Waals surface area contributed by atoms with Gasteiger partial charge in [-0.3, -0.25) is 9.69 Å². The Balaban J connectivity index is 2.04. The van der Waals surface area contributed by atoms with Crippen LogP contribution in [-0.4, -0.2) is 28.6 Å². The average Bonchev–Trinajstić information content (AvgIpc) is 3.13. The van der Waals surface area contributed by atoms with Crippen molar-refractivity contribution in [2.75, 3.05) is 6.54 Å². The number of rotatable bonds is 6. The summed E-state index contributed by atoms with van der Waals surface area (Å²) in [7, 11) is 0. The molecule has 0 amide bonds. The summed E-state index contributed by atoms with van der Waals surface area (Å²) in [6, 6.07) is 5.31. The fourth-order valence-corrected chi connectivity index (χ4v) is 2.15. The second-order valence-corrected chi connectivity index (χ2v) is 4.97. The zero-order chi connectivity index (χ0) is 13.1. The monoisotopic (exact) mass is 271 g/mol. The van der Waals surface area contributed by atoms with E-state index in [2.05, 4.69) is 0 Å². The first-order valence-corrected chi connectivity index (χ1v) is 6.34. The van der Waals surface area contributed by atoms with Gasteiger partial charge < -0.3 is 5.11 Å². The van der Waals surface area contributed by atoms with E-state index < -0.39 is 11.8 Å². The summed E-state index contributed by atoms with van der Waals surface area (Å²) in [5, 5.41) is 8.82. The largest absolute Gasteiger partial charge is 0.481 e. The van der Waals surface area contributed by atoms with Crippen LogP contribution in [0, 0.1) is 5.82 Å². The molecule has 0 bridgehead atoms. The summed E-state index contributed by atoms with van der Waals surface area (Å²) in [5.74, 6) is -1.23. The molecule has 1 fully saturated rings. The predicted octanol–water partition coefficient (Wildman–Crippen LogP) is 2.92. The van der Waals surface area contributed by atoms with Crippen molar-refractivity contribution < 1.29 is 14.3 Å². The summed E-state index contributed by atoms with van der Waals surface area (Å²) >= 11 is 5.73. The topological polar surface area (TPSA) is 40.5 Å². The molecule has 0 aromatic heterocycles. The van der Waals surface area contributed by atoms with Crippen LogP contribution in [0.1, 0.15) is 24.8 Å². The quantitative estimate of drug-likeness (QED) is 0.865. The summed E-state index contributed by atoms with van der Waals surface area (Å²) in [6.45, 7) is 0.871. The number of halogens is 2. The zero-order valence-electron chi connectivity index (χ0n) is 9.90. The van der Waals surface area contributed by atoms with Gasteiger partial charge in [-0.1, -0.05) is 23.7 Å². The molecule has 0 radical (unpaired) electrons. The molecule has 0 atom stereocenters. The van der Waals surface area contributed by atoms with Gasteiger partial charge in [-0.2, -0.15) is 0 Å². The molecule has 3 nitrogen and oxygen atoms in total. The van der Waals surface area contributed by atoms with Crippen LogP contribution in [0.25, 0.3) is 0 Å². The fraction of sp³-hybridized carbons (Fsp3) is 0.462. The minimum Gasteiger partial charge on any atom is -0.481 e. The van der Waals surface area contributed by atoms with Crippen LogP contribution in [0.2, 0.25) is 5.02 Å². The van der Waals surface area contributed by atoms with Gasteiger partial charge in [0.25, 0.3) is 0 Å². The van der Waals surface area contributed by atoms with E-state index in [1.54, 1.807) is 12.1 Å². The molecule has 1 aliphatic rings. The van der Waals surface area contributed by atoms with Gasteiger partial charge in [0.15, 0.2) is 0 Å². The van der Waals surface area contributed by atoms with Crippen LogP contribution in [0.5, 0.6) is 0 Å². The van der Waals surface area contributed by atoms with Crippen LogP contribution in [0.3, 0.4) is 0 Å². The Hall–Kier alpha value is -1.13. The van der Waals surface area contributed by atoms with Crippen LogP contribution >= 0.6 is 11.6 Å². The summed E-state index contributed by atoms with van der Waals surface area (Å²) in [4.78, 5) is 12.6. The Morgan fingerprint density at radius 1 is 1.50 bits per heavy atom. The molecule has 1 N–H and O–H groups in total. The van der Waals surface area contributed by atoms with Crippen molar-refractivity contribution in [2.45, 2.75) is 31.8 Å². The molecule has 0 unspecified atom stereocenters. The molecule has 0 aliphatic heterocycles. The standard InChI is InChI=1S/C13H15ClFNO2/c14-11-3-1-2-9(13(11)15)8-16(10-4-5-10)7-6-12(17)18/h1-3,10H,4-8H2,(H,17,18). The second kappa shape index (κ2) is 5.67. The summed E-state index contributed by atoms with van der Waals surface area (Å²) in [6.07, 6.45) is 2.20. The second-order valence-electron chi connectivity index (χ2n) is 4.56. The Bertz CT molecular complexity index is 449. The first-order valence-electron chi connectivity index (χ1n) is 5.96. The van der Waals surface area contributed by atoms with E-state index in [4.69, 9.17) is 16.7 Å². The summed E-state index contributed by atoms with van der Waals surface area (Å²) in [5.41, 5.74) is 0.528. The number of benzene rings is 1. The van der Waals surface area contributed by atoms with E-state index in [-0.39, 0.29) is 11.4 Å². The highest BCUT2D eigenvalue weighted by Crippen LogP contribution is 2.29. The number of hydrogen-bond acceptors (Lipinski definition) is 2. The molecule has 1 aromatic carbocycles. The highest BCUT2D eigenvalue weighted by molar-refractivity contribution is 6.30. The molecule has 0 heterocycles. The first kappa shape index (κ1) is 13.3. The van der Waals surface area contributed by atoms with Crippen LogP contribution in [0.15, 0.2) is 18.2 Å². The number of carboxylic acids is 1. The molecule has 98 valence electrons. The molecular formula is C13H15ClFNO2. The van der Waals surface area contributed by atoms with Gasteiger partial charge in [0.05, 0.1) is 11.4 Å². The minimum atomic E-state index is -0.827. The highest BCUT2D eigenvalue weighted by Gasteiger charge is 2.29. The van der Waals surface area contributed by atoms with E-state index in [1.165, 1.54) is 6.07 Å². The van der Waals surface area contributed by atoms with Gasteiger partial charge in [0, 0.05) is 24.7 Å². The van der Waals surface area contributed by atoms with Crippen molar-refractivity contribution in [3.8, 4) is 0 Å². The van der Waals surface area contributed by atoms with Gasteiger partial charge in [0.1, 0.15) is 5.82 Å². The molecule has 1 aliphatic carbocycles. The molecule has 1 aromatic rings. The third kappa shape index (κ3) is 3.43. The lowest BCUT2D eigenvalue weighted by molar-refractivity contribution is -0.137. The van der Waals surface area contributed by atoms with Crippen molar-refractivity contribution in [3.05, 3.63) is 34.6 Å². The lowest BCUT2D eigenvalue weighted by Gasteiger charge is -2.21. The maximum atomic E-state index is 13.8. The molecule has 0 saturated heterocycles. The number of nitrogens with zero attached hydrogens (tertiary/aromatic N) is 1. The lowest BCUT2D eigenvalue weighted by atomic mass is 10.2. The van der Waals surface area contributed by atoms with Crippen molar-refractivity contribution in [1.29, 1.82) is 0 Å². The third-order valence-electron chi connectivity index (χ3n) is 3.08. The third-order valence-corrected chi connectivity index (χ3v) is 3.37. The average molecular weight is 272 g/mol. The van der Waals surface area contributed by atoms with Crippen molar-refractivity contribution in [1.82, 2.24) is 4.90 Å². The Morgan fingerprint density at radius 2 is 2.22 bits per heavy atom. The van der Waals surface area contributed by atoms with Gasteiger partial charge in [-0.05, 0) is 18.9 Å². The normalized spacial score (nSPS) is 15.1. The first-order chi connectivity index (χ1) is 8.58. The minimum absolute atomic E-state index is 0.0820. The van der Waals surface area contributed by atoms with Crippen LogP contribution in [-0.2, 0) is 11.3 Å². The van der Waals surface area contributed by atoms with E-state index in [0.29, 0.717) is 24.7 Å². The molecule has 0 spiro atoms. The number of aliphatic carboxylic acids is 1. The van der Waals surface area contributed by atoms with Crippen LogP contribution in [0.4, 0.5) is 4.39 Å². The van der Waals surface area contributed by atoms with Gasteiger partial charge in [0.2, 0.25) is 0 Å². The van der Waals surface area contributed by atoms with Crippen molar-refractivity contribution in [2.24, 2.45) is 0 Å². The predicted molar refractivity (Wildman–Crippen MR) is 67.1 cm³/mol. The molecule has 5 heteroatoms. The van der Waals surface area contributed by atoms with Crippen molar-refractivity contribution in [3.63, 3.8) is 0 Å². The summed E-state index contributed by atoms with van der Waals surface area (Å²) < 4.78 is 13.8. The SMILES string of the molecule is O=C(O)CCN(Cc1cccc(Cl)c1F)C1CC1. The fourth-order valence-electron chi connectivity index (χ4n) is 1.96. The lowest BCUT2D eigenvalue weighted by Crippen LogP contribution is -2.28. The Morgan fingerprint density at radius 3 is 2.83 bits per heavy atom. The molecule has 1 saturated carbocycles. The molecular weight excluding hydrogens is 257 g/mol. The van der Waals surface area contributed by atoms with Crippen LogP contribution < -0.4 is 0 Å². The number of hydrogen-bond donors (Lipinski definition) is 1. The van der Waals surface area contributed by atoms with E-state index >= 15 is 0 Å². The Labute approximate surface area is 110 Å². The smallest absolute Gasteiger partial charge is 0.304 e. The van der Waals surface area contributed by atoms with Gasteiger partial charge >= 0.3 is 5.97 Å². The zero-order valence-corrected chi connectivity index (χ0v) is 10.7. The highest BCUT2D eigenvalue weighted by atomic mass is 35.5. The number of carbonyl (C=O) groups is 1. The maximum Gasteiger partial charge on any atom is 0.304 e. The maximum absolute atomic E-state index is 13.8.